The Morgan fingerprint density at radius 2 is 1.10 bits per heavy atom. The molecule has 0 radical (unpaired) electrons. The first-order chi connectivity index (χ1) is 28.7. The van der Waals surface area contributed by atoms with E-state index < -0.39 is 0 Å². The van der Waals surface area contributed by atoms with Gasteiger partial charge in [0.15, 0.2) is 0 Å². The number of fused-ring (bicyclic) bond motifs is 9. The predicted molar refractivity (Wildman–Crippen MR) is 244 cm³/mol. The minimum absolute atomic E-state index is 0.124. The van der Waals surface area contributed by atoms with Crippen LogP contribution in [-0.4, -0.2) is 10.4 Å². The molecule has 1 aliphatic rings. The summed E-state index contributed by atoms with van der Waals surface area (Å²) in [6.45, 7) is 4.63. The Balaban J connectivity index is 1.08. The van der Waals surface area contributed by atoms with Crippen molar-refractivity contribution in [1.29, 1.82) is 0 Å². The van der Waals surface area contributed by atoms with Crippen LogP contribution in [0.1, 0.15) is 28.8 Å². The van der Waals surface area contributed by atoms with Crippen molar-refractivity contribution in [3.05, 3.63) is 211 Å². The van der Waals surface area contributed by atoms with Gasteiger partial charge < -0.3 is 14.3 Å². The zero-order valence-electron chi connectivity index (χ0n) is 31.4. The Bertz CT molecular complexity index is 3410. The summed E-state index contributed by atoms with van der Waals surface area (Å²) in [6, 6.07) is 64.6. The van der Waals surface area contributed by atoms with E-state index >= 15 is 0 Å². The molecule has 0 fully saturated rings. The largest absolute Gasteiger partial charge is 0.456 e. The first-order valence-electron chi connectivity index (χ1n) is 19.7. The average Bonchev–Trinajstić information content (AvgIpc) is 3.96. The third-order valence-electron chi connectivity index (χ3n) is 11.9. The minimum Gasteiger partial charge on any atom is -0.456 e. The van der Waals surface area contributed by atoms with Crippen LogP contribution >= 0.6 is 11.3 Å². The molecule has 0 spiro atoms. The lowest BCUT2D eigenvalue weighted by atomic mass is 9.88. The SMILES string of the molecule is C=C1C(c2ccccc2)N=C(c2cccc3oc4cccc(-c5cccc6sc7ccc(-n8c9ccccc9c9ccccc98)cc7c56)c4c23)NC1c1ccccc1. The number of furan rings is 1. The molecule has 11 aromatic rings. The summed E-state index contributed by atoms with van der Waals surface area (Å²) in [7, 11) is 0. The molecule has 5 heteroatoms. The molecular weight excluding hydrogens is 727 g/mol. The molecule has 2 atom stereocenters. The summed E-state index contributed by atoms with van der Waals surface area (Å²) < 4.78 is 11.6. The van der Waals surface area contributed by atoms with Crippen LogP contribution in [0.2, 0.25) is 0 Å². The molecule has 12 rings (SSSR count). The monoisotopic (exact) mass is 761 g/mol. The number of hydrogen-bond acceptors (Lipinski definition) is 4. The van der Waals surface area contributed by atoms with Gasteiger partial charge in [-0.25, -0.2) is 0 Å². The van der Waals surface area contributed by atoms with Crippen LogP contribution in [0, 0.1) is 0 Å². The third kappa shape index (κ3) is 4.97. The number of nitrogens with zero attached hydrogens (tertiary/aromatic N) is 2. The van der Waals surface area contributed by atoms with E-state index in [0.717, 1.165) is 61.3 Å². The van der Waals surface area contributed by atoms with E-state index in [4.69, 9.17) is 9.41 Å². The molecule has 2 unspecified atom stereocenters. The minimum atomic E-state index is -0.217. The molecule has 4 heterocycles. The summed E-state index contributed by atoms with van der Waals surface area (Å²) in [5.74, 6) is 0.827. The maximum absolute atomic E-state index is 6.72. The van der Waals surface area contributed by atoms with E-state index in [2.05, 4.69) is 198 Å². The van der Waals surface area contributed by atoms with Crippen LogP contribution in [0.4, 0.5) is 0 Å². The van der Waals surface area contributed by atoms with E-state index in [0.29, 0.717) is 0 Å². The van der Waals surface area contributed by atoms with Crippen LogP contribution in [0.5, 0.6) is 0 Å². The topological polar surface area (TPSA) is 42.5 Å². The van der Waals surface area contributed by atoms with Crippen LogP contribution < -0.4 is 5.32 Å². The van der Waals surface area contributed by atoms with E-state index in [1.54, 1.807) is 0 Å². The van der Waals surface area contributed by atoms with Crippen LogP contribution in [-0.2, 0) is 0 Å². The number of para-hydroxylation sites is 2. The van der Waals surface area contributed by atoms with Gasteiger partial charge in [-0.1, -0.05) is 140 Å². The highest BCUT2D eigenvalue weighted by Crippen LogP contribution is 2.46. The molecular formula is C53H35N3OS. The first-order valence-corrected chi connectivity index (χ1v) is 20.5. The number of aromatic nitrogens is 1. The molecule has 1 aliphatic heterocycles. The predicted octanol–water partition coefficient (Wildman–Crippen LogP) is 14.1. The standard InChI is InChI=1S/C53H35N3OS/c1-32-51(33-15-4-2-5-16-33)54-53(55-52(32)34-17-6-3-7-18-34)40-23-13-27-45-50(40)49-39(21-12-26-44(49)57-45)38-22-14-28-47-48(38)41-31-35(29-30-46(41)58-47)56-42-24-10-8-19-36(42)37-20-9-11-25-43(37)56/h2-31,51-52H,1H2,(H,54,55). The highest BCUT2D eigenvalue weighted by Gasteiger charge is 2.31. The molecule has 58 heavy (non-hydrogen) atoms. The summed E-state index contributed by atoms with van der Waals surface area (Å²) in [5.41, 5.74) is 11.9. The van der Waals surface area contributed by atoms with E-state index in [1.165, 1.54) is 47.5 Å². The molecule has 0 aliphatic carbocycles. The lowest BCUT2D eigenvalue weighted by Crippen LogP contribution is -2.36. The van der Waals surface area contributed by atoms with Crippen molar-refractivity contribution in [2.24, 2.45) is 4.99 Å². The van der Waals surface area contributed by atoms with Gasteiger partial charge in [0.25, 0.3) is 0 Å². The molecule has 0 saturated heterocycles. The first kappa shape index (κ1) is 33.0. The fraction of sp³-hybridized carbons (Fsp3) is 0.0377. The molecule has 3 aromatic heterocycles. The quantitative estimate of drug-likeness (QED) is 0.178. The van der Waals surface area contributed by atoms with Crippen molar-refractivity contribution < 1.29 is 4.42 Å². The van der Waals surface area contributed by atoms with E-state index in [-0.39, 0.29) is 12.1 Å². The second-order valence-electron chi connectivity index (χ2n) is 15.1. The number of amidine groups is 1. The molecule has 1 N–H and O–H groups in total. The van der Waals surface area contributed by atoms with Crippen molar-refractivity contribution in [3.8, 4) is 16.8 Å². The van der Waals surface area contributed by atoms with Gasteiger partial charge in [0.2, 0.25) is 0 Å². The second kappa shape index (κ2) is 12.9. The van der Waals surface area contributed by atoms with Gasteiger partial charge in [0.1, 0.15) is 23.0 Å². The Labute approximate surface area is 338 Å². The zero-order chi connectivity index (χ0) is 38.3. The van der Waals surface area contributed by atoms with Gasteiger partial charge in [-0.05, 0) is 76.4 Å². The van der Waals surface area contributed by atoms with E-state index in [9.17, 15) is 0 Å². The molecule has 4 nitrogen and oxygen atoms in total. The van der Waals surface area contributed by atoms with Crippen molar-refractivity contribution in [2.75, 3.05) is 0 Å². The van der Waals surface area contributed by atoms with Crippen LogP contribution in [0.15, 0.2) is 204 Å². The fourth-order valence-corrected chi connectivity index (χ4v) is 10.4. The summed E-state index contributed by atoms with van der Waals surface area (Å²) in [4.78, 5) is 5.44. The lowest BCUT2D eigenvalue weighted by molar-refractivity contribution is 0.629. The van der Waals surface area contributed by atoms with Gasteiger partial charge in [-0.3, -0.25) is 4.99 Å². The molecule has 0 saturated carbocycles. The molecule has 274 valence electrons. The van der Waals surface area contributed by atoms with Crippen molar-refractivity contribution in [3.63, 3.8) is 0 Å². The van der Waals surface area contributed by atoms with Gasteiger partial charge in [0, 0.05) is 53.0 Å². The van der Waals surface area contributed by atoms with Crippen molar-refractivity contribution >= 4 is 81.1 Å². The lowest BCUT2D eigenvalue weighted by Gasteiger charge is -2.33. The Hall–Kier alpha value is -7.21. The average molecular weight is 762 g/mol. The van der Waals surface area contributed by atoms with Gasteiger partial charge >= 0.3 is 0 Å². The Morgan fingerprint density at radius 3 is 1.81 bits per heavy atom. The summed E-state index contributed by atoms with van der Waals surface area (Å²) >= 11 is 1.85. The van der Waals surface area contributed by atoms with Gasteiger partial charge in [0.05, 0.1) is 17.1 Å². The van der Waals surface area contributed by atoms with Crippen molar-refractivity contribution in [2.45, 2.75) is 12.1 Å². The smallest absolute Gasteiger partial charge is 0.136 e. The Kier molecular flexibility index (Phi) is 7.34. The van der Waals surface area contributed by atoms with E-state index in [1.807, 2.05) is 11.3 Å². The normalized spacial score (nSPS) is 15.9. The number of hydrogen-bond donors (Lipinski definition) is 1. The number of nitrogens with one attached hydrogen (secondary N) is 1. The summed E-state index contributed by atoms with van der Waals surface area (Å²) in [6.07, 6.45) is 0. The molecule has 0 bridgehead atoms. The molecule has 0 amide bonds. The number of thiophene rings is 1. The number of benzene rings is 8. The Morgan fingerprint density at radius 1 is 0.517 bits per heavy atom. The zero-order valence-corrected chi connectivity index (χ0v) is 32.2. The number of aliphatic imine (C=N–C) groups is 1. The highest BCUT2D eigenvalue weighted by atomic mass is 32.1. The number of rotatable bonds is 5. The summed E-state index contributed by atoms with van der Waals surface area (Å²) in [5, 5.41) is 11.0. The van der Waals surface area contributed by atoms with Gasteiger partial charge in [-0.2, -0.15) is 0 Å². The van der Waals surface area contributed by atoms with Crippen molar-refractivity contribution in [1.82, 2.24) is 9.88 Å². The van der Waals surface area contributed by atoms with Crippen LogP contribution in [0.25, 0.3) is 80.7 Å². The molecule has 8 aromatic carbocycles. The third-order valence-corrected chi connectivity index (χ3v) is 13.0. The van der Waals surface area contributed by atoms with Gasteiger partial charge in [-0.15, -0.1) is 11.3 Å². The fourth-order valence-electron chi connectivity index (χ4n) is 9.32. The highest BCUT2D eigenvalue weighted by molar-refractivity contribution is 7.26. The second-order valence-corrected chi connectivity index (χ2v) is 16.2. The van der Waals surface area contributed by atoms with Crippen LogP contribution in [0.3, 0.4) is 0 Å². The maximum atomic E-state index is 6.72. The maximum Gasteiger partial charge on any atom is 0.136 e.